The standard InChI is InChI=1S/C21H25NO2S/c1-4-19(23)16-9-10-20(25-3)21(15(16)2)17-7-5-6-8-18(17)22-11-13-24-14-12-22/h5-10H,4,11-14H2,1-3H3. The number of Topliss-reactive ketones (excluding diaryl/α,β-unsaturated/α-hetero) is 1. The molecule has 2 aromatic carbocycles. The summed E-state index contributed by atoms with van der Waals surface area (Å²) in [5.74, 6) is 0.204. The van der Waals surface area contributed by atoms with Gasteiger partial charge in [0.25, 0.3) is 0 Å². The zero-order valence-electron chi connectivity index (χ0n) is 15.2. The van der Waals surface area contributed by atoms with Gasteiger partial charge in [-0.15, -0.1) is 11.8 Å². The molecule has 0 atom stereocenters. The lowest BCUT2D eigenvalue weighted by molar-refractivity contribution is 0.0987. The summed E-state index contributed by atoms with van der Waals surface area (Å²) in [7, 11) is 0. The van der Waals surface area contributed by atoms with E-state index in [-0.39, 0.29) is 5.78 Å². The third-order valence-electron chi connectivity index (χ3n) is 4.79. The van der Waals surface area contributed by atoms with Crippen molar-refractivity contribution in [1.29, 1.82) is 0 Å². The van der Waals surface area contributed by atoms with Crippen molar-refractivity contribution in [2.75, 3.05) is 37.5 Å². The molecular weight excluding hydrogens is 330 g/mol. The Labute approximate surface area is 154 Å². The highest BCUT2D eigenvalue weighted by Crippen LogP contribution is 2.40. The summed E-state index contributed by atoms with van der Waals surface area (Å²) in [4.78, 5) is 16.0. The number of anilines is 1. The molecule has 0 radical (unpaired) electrons. The van der Waals surface area contributed by atoms with Crippen LogP contribution in [0.3, 0.4) is 0 Å². The summed E-state index contributed by atoms with van der Waals surface area (Å²) in [6, 6.07) is 12.6. The molecule has 1 aliphatic rings. The maximum atomic E-state index is 12.4. The lowest BCUT2D eigenvalue weighted by Gasteiger charge is -2.31. The number of ketones is 1. The highest BCUT2D eigenvalue weighted by molar-refractivity contribution is 7.98. The van der Waals surface area contributed by atoms with E-state index in [0.717, 1.165) is 37.4 Å². The summed E-state index contributed by atoms with van der Waals surface area (Å²) in [6.45, 7) is 7.32. The van der Waals surface area contributed by atoms with Crippen LogP contribution in [0.5, 0.6) is 0 Å². The first kappa shape index (κ1) is 18.0. The van der Waals surface area contributed by atoms with Crippen molar-refractivity contribution >= 4 is 23.2 Å². The number of hydrogen-bond acceptors (Lipinski definition) is 4. The number of nitrogens with zero attached hydrogens (tertiary/aromatic N) is 1. The molecule has 3 nitrogen and oxygen atoms in total. The lowest BCUT2D eigenvalue weighted by Crippen LogP contribution is -2.36. The van der Waals surface area contributed by atoms with E-state index in [1.54, 1.807) is 11.8 Å². The van der Waals surface area contributed by atoms with Gasteiger partial charge >= 0.3 is 0 Å². The van der Waals surface area contributed by atoms with E-state index in [1.807, 2.05) is 13.0 Å². The minimum absolute atomic E-state index is 0.204. The molecule has 0 spiro atoms. The van der Waals surface area contributed by atoms with Crippen LogP contribution in [0.2, 0.25) is 0 Å². The number of carbonyl (C=O) groups is 1. The number of hydrogen-bond donors (Lipinski definition) is 0. The first-order valence-corrected chi connectivity index (χ1v) is 10.0. The van der Waals surface area contributed by atoms with Crippen molar-refractivity contribution in [3.63, 3.8) is 0 Å². The molecule has 0 aliphatic carbocycles. The van der Waals surface area contributed by atoms with E-state index in [9.17, 15) is 4.79 Å². The molecule has 0 bridgehead atoms. The summed E-state index contributed by atoms with van der Waals surface area (Å²) >= 11 is 1.73. The quantitative estimate of drug-likeness (QED) is 0.568. The van der Waals surface area contributed by atoms with E-state index in [1.165, 1.54) is 21.7 Å². The maximum Gasteiger partial charge on any atom is 0.162 e. The molecule has 1 aliphatic heterocycles. The zero-order chi connectivity index (χ0) is 17.8. The molecule has 25 heavy (non-hydrogen) atoms. The van der Waals surface area contributed by atoms with Gasteiger partial charge in [-0.2, -0.15) is 0 Å². The van der Waals surface area contributed by atoms with Crippen LogP contribution in [0.1, 0.15) is 29.3 Å². The van der Waals surface area contributed by atoms with Crippen molar-refractivity contribution in [2.24, 2.45) is 0 Å². The van der Waals surface area contributed by atoms with E-state index >= 15 is 0 Å². The van der Waals surface area contributed by atoms with Gasteiger partial charge in [-0.1, -0.05) is 25.1 Å². The molecule has 1 fully saturated rings. The van der Waals surface area contributed by atoms with E-state index in [2.05, 4.69) is 48.4 Å². The van der Waals surface area contributed by atoms with Crippen molar-refractivity contribution in [3.05, 3.63) is 47.5 Å². The number of benzene rings is 2. The molecule has 0 amide bonds. The Morgan fingerprint density at radius 1 is 1.16 bits per heavy atom. The summed E-state index contributed by atoms with van der Waals surface area (Å²) in [6.07, 6.45) is 2.63. The molecular formula is C21H25NO2S. The smallest absolute Gasteiger partial charge is 0.162 e. The minimum Gasteiger partial charge on any atom is -0.378 e. The van der Waals surface area contributed by atoms with Crippen LogP contribution in [0.25, 0.3) is 11.1 Å². The summed E-state index contributed by atoms with van der Waals surface area (Å²) < 4.78 is 5.51. The first-order chi connectivity index (χ1) is 12.2. The monoisotopic (exact) mass is 355 g/mol. The number of carbonyl (C=O) groups excluding carboxylic acids is 1. The summed E-state index contributed by atoms with van der Waals surface area (Å²) in [5, 5.41) is 0. The van der Waals surface area contributed by atoms with Crippen LogP contribution in [-0.4, -0.2) is 38.3 Å². The largest absolute Gasteiger partial charge is 0.378 e. The van der Waals surface area contributed by atoms with Crippen LogP contribution in [0, 0.1) is 6.92 Å². The van der Waals surface area contributed by atoms with Gasteiger partial charge in [-0.3, -0.25) is 4.79 Å². The molecule has 1 saturated heterocycles. The van der Waals surface area contributed by atoms with Gasteiger partial charge in [0.05, 0.1) is 13.2 Å². The van der Waals surface area contributed by atoms with Gasteiger partial charge in [-0.05, 0) is 36.9 Å². The van der Waals surface area contributed by atoms with Crippen LogP contribution >= 0.6 is 11.8 Å². The number of thioether (sulfide) groups is 1. The van der Waals surface area contributed by atoms with Gasteiger partial charge in [0.15, 0.2) is 5.78 Å². The minimum atomic E-state index is 0.204. The number of rotatable bonds is 5. The van der Waals surface area contributed by atoms with Crippen LogP contribution in [0.4, 0.5) is 5.69 Å². The van der Waals surface area contributed by atoms with E-state index < -0.39 is 0 Å². The van der Waals surface area contributed by atoms with Gasteiger partial charge in [-0.25, -0.2) is 0 Å². The highest BCUT2D eigenvalue weighted by atomic mass is 32.2. The van der Waals surface area contributed by atoms with E-state index in [4.69, 9.17) is 4.74 Å². The fourth-order valence-electron chi connectivity index (χ4n) is 3.45. The Balaban J connectivity index is 2.17. The third-order valence-corrected chi connectivity index (χ3v) is 5.57. The molecule has 2 aromatic rings. The van der Waals surface area contributed by atoms with Crippen molar-refractivity contribution in [3.8, 4) is 11.1 Å². The Kier molecular flexibility index (Phi) is 5.82. The second-order valence-electron chi connectivity index (χ2n) is 6.21. The number of ether oxygens (including phenoxy) is 1. The molecule has 1 heterocycles. The Morgan fingerprint density at radius 3 is 2.56 bits per heavy atom. The van der Waals surface area contributed by atoms with E-state index in [0.29, 0.717) is 6.42 Å². The van der Waals surface area contributed by atoms with Gasteiger partial charge < -0.3 is 9.64 Å². The molecule has 132 valence electrons. The van der Waals surface area contributed by atoms with Gasteiger partial charge in [0.1, 0.15) is 0 Å². The maximum absolute atomic E-state index is 12.4. The van der Waals surface area contributed by atoms with Crippen LogP contribution in [0.15, 0.2) is 41.3 Å². The predicted molar refractivity (Wildman–Crippen MR) is 106 cm³/mol. The molecule has 0 saturated carbocycles. The average molecular weight is 356 g/mol. The zero-order valence-corrected chi connectivity index (χ0v) is 16.0. The van der Waals surface area contributed by atoms with Crippen LogP contribution in [-0.2, 0) is 4.74 Å². The van der Waals surface area contributed by atoms with Crippen molar-refractivity contribution in [2.45, 2.75) is 25.2 Å². The van der Waals surface area contributed by atoms with Gasteiger partial charge in [0, 0.05) is 46.8 Å². The summed E-state index contributed by atoms with van der Waals surface area (Å²) in [5.41, 5.74) is 5.54. The number of para-hydroxylation sites is 1. The number of morpholine rings is 1. The normalized spacial score (nSPS) is 14.6. The topological polar surface area (TPSA) is 29.5 Å². The predicted octanol–water partition coefficient (Wildman–Crippen LogP) is 4.81. The second-order valence-corrected chi connectivity index (χ2v) is 7.06. The molecule has 0 N–H and O–H groups in total. The third kappa shape index (κ3) is 3.60. The van der Waals surface area contributed by atoms with Crippen molar-refractivity contribution in [1.82, 2.24) is 0 Å². The lowest BCUT2D eigenvalue weighted by atomic mass is 9.92. The van der Waals surface area contributed by atoms with Crippen molar-refractivity contribution < 1.29 is 9.53 Å². The first-order valence-electron chi connectivity index (χ1n) is 8.80. The highest BCUT2D eigenvalue weighted by Gasteiger charge is 2.20. The van der Waals surface area contributed by atoms with Crippen LogP contribution < -0.4 is 4.90 Å². The molecule has 4 heteroatoms. The second kappa shape index (κ2) is 8.07. The SMILES string of the molecule is CCC(=O)c1ccc(SC)c(-c2ccccc2N2CCOCC2)c1C. The molecule has 0 aromatic heterocycles. The molecule has 0 unspecified atom stereocenters. The Bertz CT molecular complexity index is 766. The van der Waals surface area contributed by atoms with Gasteiger partial charge in [0.2, 0.25) is 0 Å². The Morgan fingerprint density at radius 2 is 1.88 bits per heavy atom. The Hall–Kier alpha value is -1.78. The average Bonchev–Trinajstić information content (AvgIpc) is 2.67. The fourth-order valence-corrected chi connectivity index (χ4v) is 4.12. The fraction of sp³-hybridized carbons (Fsp3) is 0.381. The molecule has 3 rings (SSSR count).